The number of benzene rings is 3. The summed E-state index contributed by atoms with van der Waals surface area (Å²) >= 11 is 0. The minimum Gasteiger partial charge on any atom is -0.497 e. The quantitative estimate of drug-likeness (QED) is 0.616. The van der Waals surface area contributed by atoms with E-state index in [-0.39, 0.29) is 16.6 Å². The molecule has 0 heterocycles. The Kier molecular flexibility index (Phi) is 5.80. The number of methoxy groups -OCH3 is 1. The molecule has 0 saturated heterocycles. The number of ether oxygens (including phenoxy) is 1. The summed E-state index contributed by atoms with van der Waals surface area (Å²) in [4.78, 5) is 12.9. The van der Waals surface area contributed by atoms with Crippen molar-refractivity contribution < 1.29 is 23.1 Å². The van der Waals surface area contributed by atoms with Crippen molar-refractivity contribution in [2.75, 3.05) is 18.2 Å². The molecule has 0 bridgehead atoms. The molecule has 1 aliphatic rings. The number of carbonyl (C=O) groups excluding carboxylic acids is 1. The molecule has 2 atom stereocenters. The van der Waals surface area contributed by atoms with Crippen molar-refractivity contribution in [1.29, 1.82) is 0 Å². The van der Waals surface area contributed by atoms with Crippen LogP contribution in [-0.2, 0) is 16.3 Å². The van der Waals surface area contributed by atoms with Gasteiger partial charge in [-0.2, -0.15) is 0 Å². The zero-order valence-corrected chi connectivity index (χ0v) is 17.8. The highest BCUT2D eigenvalue weighted by Gasteiger charge is 2.35. The number of amides is 1. The van der Waals surface area contributed by atoms with E-state index >= 15 is 0 Å². The van der Waals surface area contributed by atoms with Gasteiger partial charge in [-0.05, 0) is 60.0 Å². The SMILES string of the molecule is COc1cccc(C(=O)Nc2ccc3c(c2)C(CS(=O)(=O)c2ccccc2)C(O)C3)c1. The molecule has 4 rings (SSSR count). The van der Waals surface area contributed by atoms with E-state index in [9.17, 15) is 18.3 Å². The van der Waals surface area contributed by atoms with E-state index < -0.39 is 21.9 Å². The van der Waals surface area contributed by atoms with Gasteiger partial charge in [-0.3, -0.25) is 4.79 Å². The first kappa shape index (κ1) is 21.1. The van der Waals surface area contributed by atoms with Gasteiger partial charge in [0.1, 0.15) is 5.75 Å². The maximum atomic E-state index is 12.9. The normalized spacial score (nSPS) is 17.7. The molecule has 0 spiro atoms. The van der Waals surface area contributed by atoms with E-state index in [0.29, 0.717) is 23.4 Å². The molecule has 0 aromatic heterocycles. The highest BCUT2D eigenvalue weighted by Crippen LogP contribution is 2.37. The van der Waals surface area contributed by atoms with Crippen LogP contribution < -0.4 is 10.1 Å². The number of sulfone groups is 1. The summed E-state index contributed by atoms with van der Waals surface area (Å²) in [5.41, 5.74) is 2.63. The summed E-state index contributed by atoms with van der Waals surface area (Å²) in [5.74, 6) is -0.478. The number of nitrogens with one attached hydrogen (secondary N) is 1. The van der Waals surface area contributed by atoms with Crippen LogP contribution in [0.1, 0.15) is 27.4 Å². The van der Waals surface area contributed by atoms with Gasteiger partial charge in [-0.15, -0.1) is 0 Å². The van der Waals surface area contributed by atoms with Gasteiger partial charge < -0.3 is 15.2 Å². The molecular formula is C24H23NO5S. The molecular weight excluding hydrogens is 414 g/mol. The van der Waals surface area contributed by atoms with E-state index in [2.05, 4.69) is 5.32 Å². The molecule has 7 heteroatoms. The summed E-state index contributed by atoms with van der Waals surface area (Å²) in [6.45, 7) is 0. The van der Waals surface area contributed by atoms with Crippen LogP contribution in [0.4, 0.5) is 5.69 Å². The first-order chi connectivity index (χ1) is 14.9. The third-order valence-electron chi connectivity index (χ3n) is 5.53. The van der Waals surface area contributed by atoms with Crippen LogP contribution in [0.15, 0.2) is 77.7 Å². The fourth-order valence-corrected chi connectivity index (χ4v) is 5.55. The number of carbonyl (C=O) groups is 1. The van der Waals surface area contributed by atoms with E-state index in [1.54, 1.807) is 66.7 Å². The standard InChI is InChI=1S/C24H23NO5S/c1-30-19-7-5-6-17(12-19)24(27)25-18-11-10-16-13-23(26)22(21(16)14-18)15-31(28,29)20-8-3-2-4-9-20/h2-12,14,22-23,26H,13,15H2,1H3,(H,25,27). The molecule has 3 aromatic rings. The second-order valence-electron chi connectivity index (χ2n) is 7.57. The van der Waals surface area contributed by atoms with Gasteiger partial charge in [0.25, 0.3) is 5.91 Å². The summed E-state index contributed by atoms with van der Waals surface area (Å²) in [6.07, 6.45) is -0.410. The van der Waals surface area contributed by atoms with E-state index in [1.165, 1.54) is 7.11 Å². The molecule has 3 aromatic carbocycles. The van der Waals surface area contributed by atoms with E-state index in [4.69, 9.17) is 4.74 Å². The largest absolute Gasteiger partial charge is 0.497 e. The van der Waals surface area contributed by atoms with Crippen LogP contribution >= 0.6 is 0 Å². The number of hydrogen-bond donors (Lipinski definition) is 2. The lowest BCUT2D eigenvalue weighted by Gasteiger charge is -2.17. The van der Waals surface area contributed by atoms with Crippen molar-refractivity contribution in [3.8, 4) is 5.75 Å². The van der Waals surface area contributed by atoms with Gasteiger partial charge in [-0.1, -0.05) is 30.3 Å². The molecule has 2 unspecified atom stereocenters. The van der Waals surface area contributed by atoms with E-state index in [1.807, 2.05) is 6.07 Å². The Labute approximate surface area is 181 Å². The molecule has 1 aliphatic carbocycles. The average Bonchev–Trinajstić information content (AvgIpc) is 3.08. The summed E-state index contributed by atoms with van der Waals surface area (Å²) in [5, 5.41) is 13.4. The second-order valence-corrected chi connectivity index (χ2v) is 9.61. The lowest BCUT2D eigenvalue weighted by molar-refractivity contribution is 0.102. The molecule has 0 fully saturated rings. The van der Waals surface area contributed by atoms with Crippen molar-refractivity contribution in [3.05, 3.63) is 89.5 Å². The smallest absolute Gasteiger partial charge is 0.255 e. The molecule has 0 saturated carbocycles. The van der Waals surface area contributed by atoms with Gasteiger partial charge in [0.15, 0.2) is 9.84 Å². The molecule has 0 radical (unpaired) electrons. The molecule has 160 valence electrons. The molecule has 0 aliphatic heterocycles. The molecule has 1 amide bonds. The van der Waals surface area contributed by atoms with Crippen LogP contribution in [0, 0.1) is 0 Å². The van der Waals surface area contributed by atoms with Crippen LogP contribution in [0.2, 0.25) is 0 Å². The fourth-order valence-electron chi connectivity index (χ4n) is 3.91. The lowest BCUT2D eigenvalue weighted by atomic mass is 10.0. The zero-order valence-electron chi connectivity index (χ0n) is 17.0. The molecule has 31 heavy (non-hydrogen) atoms. The minimum absolute atomic E-state index is 0.196. The first-order valence-corrected chi connectivity index (χ1v) is 11.6. The Morgan fingerprint density at radius 2 is 1.84 bits per heavy atom. The van der Waals surface area contributed by atoms with Gasteiger partial charge in [-0.25, -0.2) is 8.42 Å². The van der Waals surface area contributed by atoms with Crippen molar-refractivity contribution in [1.82, 2.24) is 0 Å². The van der Waals surface area contributed by atoms with Crippen molar-refractivity contribution in [2.45, 2.75) is 23.3 Å². The third-order valence-corrected chi connectivity index (χ3v) is 7.32. The van der Waals surface area contributed by atoms with Crippen molar-refractivity contribution in [3.63, 3.8) is 0 Å². The Morgan fingerprint density at radius 1 is 1.06 bits per heavy atom. The van der Waals surface area contributed by atoms with Gasteiger partial charge >= 0.3 is 0 Å². The van der Waals surface area contributed by atoms with Gasteiger partial charge in [0.2, 0.25) is 0 Å². The number of rotatable bonds is 6. The maximum Gasteiger partial charge on any atom is 0.255 e. The number of anilines is 1. The van der Waals surface area contributed by atoms with Crippen LogP contribution in [-0.4, -0.2) is 38.4 Å². The third kappa shape index (κ3) is 4.47. The number of hydrogen-bond acceptors (Lipinski definition) is 5. The first-order valence-electron chi connectivity index (χ1n) is 9.91. The maximum absolute atomic E-state index is 12.9. The van der Waals surface area contributed by atoms with Crippen molar-refractivity contribution >= 4 is 21.4 Å². The fraction of sp³-hybridized carbons (Fsp3) is 0.208. The predicted molar refractivity (Wildman–Crippen MR) is 118 cm³/mol. The lowest BCUT2D eigenvalue weighted by Crippen LogP contribution is -2.22. The zero-order chi connectivity index (χ0) is 22.0. The van der Waals surface area contributed by atoms with E-state index in [0.717, 1.165) is 11.1 Å². The average molecular weight is 438 g/mol. The molecule has 2 N–H and O–H groups in total. The van der Waals surface area contributed by atoms with Gasteiger partial charge in [0.05, 0.1) is 23.9 Å². The van der Waals surface area contributed by atoms with Crippen LogP contribution in [0.3, 0.4) is 0 Å². The second kappa shape index (κ2) is 8.53. The monoisotopic (exact) mass is 437 g/mol. The number of aliphatic hydroxyl groups excluding tert-OH is 1. The molecule has 6 nitrogen and oxygen atoms in total. The van der Waals surface area contributed by atoms with Gasteiger partial charge in [0, 0.05) is 17.2 Å². The van der Waals surface area contributed by atoms with Crippen LogP contribution in [0.25, 0.3) is 0 Å². The number of aliphatic hydroxyl groups is 1. The Bertz CT molecular complexity index is 1210. The Morgan fingerprint density at radius 3 is 2.58 bits per heavy atom. The highest BCUT2D eigenvalue weighted by molar-refractivity contribution is 7.91. The number of fused-ring (bicyclic) bond motifs is 1. The topological polar surface area (TPSA) is 92.7 Å². The van der Waals surface area contributed by atoms with Crippen molar-refractivity contribution in [2.24, 2.45) is 0 Å². The summed E-state index contributed by atoms with van der Waals surface area (Å²) in [6, 6.07) is 20.4. The predicted octanol–water partition coefficient (Wildman–Crippen LogP) is 3.42. The Hall–Kier alpha value is -3.16. The minimum atomic E-state index is -3.57. The summed E-state index contributed by atoms with van der Waals surface area (Å²) < 4.78 is 30.9. The van der Waals surface area contributed by atoms with Crippen LogP contribution in [0.5, 0.6) is 5.75 Å². The highest BCUT2D eigenvalue weighted by atomic mass is 32.2. The Balaban J connectivity index is 1.57. The summed E-state index contributed by atoms with van der Waals surface area (Å²) in [7, 11) is -2.03.